The Morgan fingerprint density at radius 3 is 2.35 bits per heavy atom. The smallest absolute Gasteiger partial charge is 0.303 e. The highest BCUT2D eigenvalue weighted by atomic mass is 35.5. The molecule has 1 unspecified atom stereocenters. The Morgan fingerprint density at radius 2 is 1.81 bits per heavy atom. The molecule has 1 fully saturated rings. The molecule has 3 heterocycles. The second-order valence-corrected chi connectivity index (χ2v) is 12.1. The van der Waals surface area contributed by atoms with Crippen molar-refractivity contribution >= 4 is 54.9 Å². The lowest BCUT2D eigenvalue weighted by Gasteiger charge is -2.33. The molecule has 0 bridgehead atoms. The Hall–Kier alpha value is -2.15. The number of fused-ring (bicyclic) bond motifs is 1. The number of nitrogens with two attached hydrogens (primary N) is 1. The second kappa shape index (κ2) is 11.3. The molecular formula is C19H28ClN5O10S2. The maximum absolute atomic E-state index is 12.1. The van der Waals surface area contributed by atoms with Crippen molar-refractivity contribution in [1.82, 2.24) is 19.5 Å². The highest BCUT2D eigenvalue weighted by Gasteiger charge is 2.60. The molecular weight excluding hydrogens is 558 g/mol. The van der Waals surface area contributed by atoms with E-state index in [1.807, 2.05) is 6.92 Å². The molecule has 1 saturated heterocycles. The van der Waals surface area contributed by atoms with Crippen molar-refractivity contribution in [1.29, 1.82) is 0 Å². The van der Waals surface area contributed by atoms with E-state index in [2.05, 4.69) is 15.0 Å². The molecule has 2 aromatic rings. The van der Waals surface area contributed by atoms with Crippen molar-refractivity contribution in [3.05, 3.63) is 11.5 Å². The van der Waals surface area contributed by atoms with Crippen molar-refractivity contribution in [3.63, 3.8) is 0 Å². The van der Waals surface area contributed by atoms with E-state index in [0.717, 1.165) is 25.9 Å². The molecule has 0 saturated carbocycles. The van der Waals surface area contributed by atoms with E-state index in [0.29, 0.717) is 6.42 Å². The molecule has 1 aliphatic heterocycles. The number of aromatic nitrogens is 4. The van der Waals surface area contributed by atoms with Crippen LogP contribution in [0.1, 0.15) is 32.9 Å². The van der Waals surface area contributed by atoms with Crippen LogP contribution in [0.15, 0.2) is 6.33 Å². The molecule has 18 heteroatoms. The van der Waals surface area contributed by atoms with Crippen LogP contribution in [0.3, 0.4) is 0 Å². The van der Waals surface area contributed by atoms with Gasteiger partial charge in [0.25, 0.3) is 20.2 Å². The molecule has 0 aromatic carbocycles. The quantitative estimate of drug-likeness (QED) is 0.155. The van der Waals surface area contributed by atoms with Crippen molar-refractivity contribution in [3.8, 4) is 0 Å². The lowest BCUT2D eigenvalue weighted by atomic mass is 9.96. The maximum atomic E-state index is 12.1. The number of hydrogen-bond acceptors (Lipinski definition) is 14. The monoisotopic (exact) mass is 585 g/mol. The van der Waals surface area contributed by atoms with E-state index < -0.39 is 63.5 Å². The van der Waals surface area contributed by atoms with Crippen LogP contribution in [0.5, 0.6) is 0 Å². The number of nitrogen functional groups attached to an aromatic ring is 1. The fraction of sp³-hybridized carbons (Fsp3) is 0.684. The molecule has 0 spiro atoms. The summed E-state index contributed by atoms with van der Waals surface area (Å²) >= 11 is 6.14. The van der Waals surface area contributed by atoms with Crippen LogP contribution in [0, 0.1) is 0 Å². The van der Waals surface area contributed by atoms with Crippen molar-refractivity contribution in [2.75, 3.05) is 38.1 Å². The third-order valence-electron chi connectivity index (χ3n) is 5.26. The predicted octanol–water partition coefficient (Wildman–Crippen LogP) is 0.399. The number of nitrogens with zero attached hydrogens (tertiary/aromatic N) is 4. The van der Waals surface area contributed by atoms with Crippen molar-refractivity contribution in [2.45, 2.75) is 50.7 Å². The Labute approximate surface area is 218 Å². The summed E-state index contributed by atoms with van der Waals surface area (Å²) in [5.74, 6) is -0.896. The summed E-state index contributed by atoms with van der Waals surface area (Å²) in [6.45, 7) is 1.76. The molecule has 2 N–H and O–H groups in total. The van der Waals surface area contributed by atoms with Gasteiger partial charge in [-0.25, -0.2) is 4.98 Å². The number of anilines is 1. The summed E-state index contributed by atoms with van der Waals surface area (Å²) in [5.41, 5.74) is 4.12. The number of halogens is 1. The molecule has 15 nitrogen and oxygen atoms in total. The normalized spacial score (nSPS) is 21.9. The van der Waals surface area contributed by atoms with E-state index in [-0.39, 0.29) is 28.9 Å². The number of carbonyl (C=O) groups excluding carboxylic acids is 1. The number of unbranched alkanes of at least 4 members (excludes halogenated alkanes) is 1. The molecule has 37 heavy (non-hydrogen) atoms. The maximum Gasteiger partial charge on any atom is 0.303 e. The lowest BCUT2D eigenvalue weighted by Crippen LogP contribution is -2.53. The SMILES string of the molecule is CCCCOC1[C@H](OC(C)=O)[C@H](n2cnc3c(Cl)nc(N)nc32)OC1(COS(C)(=O)=O)COS(C)(=O)=O. The number of rotatable bonds is 12. The first-order valence-electron chi connectivity index (χ1n) is 11.0. The van der Waals surface area contributed by atoms with Gasteiger partial charge in [-0.1, -0.05) is 24.9 Å². The number of ether oxygens (including phenoxy) is 3. The van der Waals surface area contributed by atoms with Crippen LogP contribution in [0.2, 0.25) is 5.15 Å². The Morgan fingerprint density at radius 1 is 1.19 bits per heavy atom. The molecule has 0 amide bonds. The van der Waals surface area contributed by atoms with Gasteiger partial charge in [0.1, 0.15) is 24.8 Å². The van der Waals surface area contributed by atoms with Crippen LogP contribution in [0.4, 0.5) is 5.95 Å². The van der Waals surface area contributed by atoms with E-state index in [1.165, 1.54) is 10.9 Å². The highest BCUT2D eigenvalue weighted by molar-refractivity contribution is 7.86. The van der Waals surface area contributed by atoms with Gasteiger partial charge in [-0.3, -0.25) is 17.7 Å². The summed E-state index contributed by atoms with van der Waals surface area (Å²) in [6.07, 6.45) is 0.451. The van der Waals surface area contributed by atoms with Gasteiger partial charge in [-0.05, 0) is 6.42 Å². The summed E-state index contributed by atoms with van der Waals surface area (Å²) in [6, 6.07) is 0. The van der Waals surface area contributed by atoms with Gasteiger partial charge in [-0.2, -0.15) is 26.8 Å². The van der Waals surface area contributed by atoms with Crippen LogP contribution in [-0.2, 0) is 47.6 Å². The van der Waals surface area contributed by atoms with Gasteiger partial charge in [0.05, 0.1) is 18.8 Å². The van der Waals surface area contributed by atoms with E-state index in [1.54, 1.807) is 0 Å². The van der Waals surface area contributed by atoms with E-state index in [4.69, 9.17) is 39.9 Å². The van der Waals surface area contributed by atoms with Crippen LogP contribution < -0.4 is 5.73 Å². The minimum atomic E-state index is -4.03. The first-order chi connectivity index (χ1) is 17.2. The topological polar surface area (TPSA) is 201 Å². The molecule has 1 aliphatic rings. The van der Waals surface area contributed by atoms with E-state index in [9.17, 15) is 21.6 Å². The largest absolute Gasteiger partial charge is 0.455 e. The van der Waals surface area contributed by atoms with Crippen LogP contribution in [0.25, 0.3) is 11.2 Å². The first-order valence-corrected chi connectivity index (χ1v) is 15.0. The molecule has 2 aromatic heterocycles. The summed E-state index contributed by atoms with van der Waals surface area (Å²) < 4.78 is 76.8. The average Bonchev–Trinajstić information content (AvgIpc) is 3.30. The average molecular weight is 586 g/mol. The molecule has 3 rings (SSSR count). The van der Waals surface area contributed by atoms with Gasteiger partial charge < -0.3 is 19.9 Å². The molecule has 0 radical (unpaired) electrons. The van der Waals surface area contributed by atoms with E-state index >= 15 is 0 Å². The Balaban J connectivity index is 2.18. The zero-order valence-corrected chi connectivity index (χ0v) is 22.9. The zero-order valence-electron chi connectivity index (χ0n) is 20.5. The highest BCUT2D eigenvalue weighted by Crippen LogP contribution is 2.43. The first kappa shape index (κ1) is 29.4. The zero-order chi connectivity index (χ0) is 27.6. The third kappa shape index (κ3) is 7.24. The third-order valence-corrected chi connectivity index (χ3v) is 6.61. The number of esters is 1. The summed E-state index contributed by atoms with van der Waals surface area (Å²) in [7, 11) is -8.06. The number of hydrogen-bond donors (Lipinski definition) is 1. The van der Waals surface area contributed by atoms with Gasteiger partial charge in [0.15, 0.2) is 28.7 Å². The van der Waals surface area contributed by atoms with Gasteiger partial charge >= 0.3 is 5.97 Å². The molecule has 3 atom stereocenters. The van der Waals surface area contributed by atoms with Crippen molar-refractivity contribution < 1.29 is 44.2 Å². The number of imidazole rings is 1. The second-order valence-electron chi connectivity index (χ2n) is 8.42. The fourth-order valence-corrected chi connectivity index (χ4v) is 4.77. The summed E-state index contributed by atoms with van der Waals surface area (Å²) in [5, 5.41) is -0.0499. The van der Waals surface area contributed by atoms with Gasteiger partial charge in [-0.15, -0.1) is 0 Å². The summed E-state index contributed by atoms with van der Waals surface area (Å²) in [4.78, 5) is 24.3. The molecule has 208 valence electrons. The molecule has 0 aliphatic carbocycles. The minimum absolute atomic E-state index is 0.0499. The fourth-order valence-electron chi connectivity index (χ4n) is 3.72. The Bertz CT molecular complexity index is 1310. The standard InChI is InChI=1S/C19H28ClN5O10S2/c1-5-6-7-31-14-13(34-11(2)26)17(25-10-22-12-15(20)23-18(21)24-16(12)25)35-19(14,8-32-36(3,27)28)9-33-37(4,29)30/h10,13-14,17H,5-9H2,1-4H3,(H2,21,23,24)/t13-,14?,17+/m0/s1. The van der Waals surface area contributed by atoms with Crippen LogP contribution in [-0.4, -0.2) is 92.5 Å². The van der Waals surface area contributed by atoms with Gasteiger partial charge in [0, 0.05) is 13.5 Å². The predicted molar refractivity (Wildman–Crippen MR) is 129 cm³/mol. The van der Waals surface area contributed by atoms with Crippen molar-refractivity contribution in [2.24, 2.45) is 0 Å². The van der Waals surface area contributed by atoms with Gasteiger partial charge in [0.2, 0.25) is 5.95 Å². The minimum Gasteiger partial charge on any atom is -0.455 e. The Kier molecular flexibility index (Phi) is 8.98. The number of carbonyl (C=O) groups is 1. The lowest BCUT2D eigenvalue weighted by molar-refractivity contribution is -0.158. The van der Waals surface area contributed by atoms with Crippen LogP contribution >= 0.6 is 11.6 Å².